The first-order valence-corrected chi connectivity index (χ1v) is 9.64. The van der Waals surface area contributed by atoms with E-state index in [1.165, 1.54) is 11.8 Å². The SMILES string of the molecule is CCN=C(NC1C2CCOC2C1(C)C)N1CCN(C(C)C(F)(F)F)CC1.I. The van der Waals surface area contributed by atoms with Gasteiger partial charge < -0.3 is 15.0 Å². The number of piperazine rings is 1. The Kier molecular flexibility index (Phi) is 7.33. The van der Waals surface area contributed by atoms with E-state index in [1.807, 2.05) is 6.92 Å². The molecule has 1 N–H and O–H groups in total. The molecule has 0 bridgehead atoms. The summed E-state index contributed by atoms with van der Waals surface area (Å²) in [4.78, 5) is 8.23. The van der Waals surface area contributed by atoms with Crippen LogP contribution in [0.1, 0.15) is 34.1 Å². The lowest BCUT2D eigenvalue weighted by molar-refractivity contribution is -0.181. The Morgan fingerprint density at radius 1 is 1.26 bits per heavy atom. The zero-order chi connectivity index (χ0) is 19.1. The van der Waals surface area contributed by atoms with E-state index in [0.29, 0.717) is 50.8 Å². The average Bonchev–Trinajstić information content (AvgIpc) is 3.04. The normalized spacial score (nSPS) is 32.3. The van der Waals surface area contributed by atoms with Gasteiger partial charge in [0.05, 0.1) is 6.10 Å². The summed E-state index contributed by atoms with van der Waals surface area (Å²) in [5.41, 5.74) is 0.0439. The van der Waals surface area contributed by atoms with E-state index in [0.717, 1.165) is 19.0 Å². The van der Waals surface area contributed by atoms with Crippen molar-refractivity contribution in [2.24, 2.45) is 16.3 Å². The zero-order valence-electron chi connectivity index (χ0n) is 16.6. The Morgan fingerprint density at radius 2 is 1.89 bits per heavy atom. The summed E-state index contributed by atoms with van der Waals surface area (Å²) in [6.45, 7) is 11.0. The first-order valence-electron chi connectivity index (χ1n) is 9.64. The summed E-state index contributed by atoms with van der Waals surface area (Å²) >= 11 is 0. The van der Waals surface area contributed by atoms with Crippen molar-refractivity contribution in [3.05, 3.63) is 0 Å². The third kappa shape index (κ3) is 4.49. The van der Waals surface area contributed by atoms with E-state index in [2.05, 4.69) is 29.1 Å². The topological polar surface area (TPSA) is 40.1 Å². The quantitative estimate of drug-likeness (QED) is 0.365. The maximum absolute atomic E-state index is 12.9. The van der Waals surface area contributed by atoms with Gasteiger partial charge in [-0.1, -0.05) is 13.8 Å². The molecule has 4 unspecified atom stereocenters. The largest absolute Gasteiger partial charge is 0.403 e. The number of alkyl halides is 3. The van der Waals surface area contributed by atoms with Gasteiger partial charge >= 0.3 is 6.18 Å². The van der Waals surface area contributed by atoms with Gasteiger partial charge in [0.2, 0.25) is 0 Å². The monoisotopic (exact) mass is 504 g/mol. The second-order valence-corrected chi connectivity index (χ2v) is 8.23. The number of halogens is 4. The number of ether oxygens (including phenoxy) is 1. The van der Waals surface area contributed by atoms with Crippen molar-refractivity contribution < 1.29 is 17.9 Å². The molecule has 1 saturated carbocycles. The maximum atomic E-state index is 12.9. The molecule has 27 heavy (non-hydrogen) atoms. The van der Waals surface area contributed by atoms with Crippen LogP contribution in [0.4, 0.5) is 13.2 Å². The van der Waals surface area contributed by atoms with Gasteiger partial charge in [0.25, 0.3) is 0 Å². The molecular formula is C18H32F3IN4O. The summed E-state index contributed by atoms with van der Waals surface area (Å²) in [5, 5.41) is 3.62. The van der Waals surface area contributed by atoms with Crippen LogP contribution in [0.2, 0.25) is 0 Å². The molecule has 2 heterocycles. The van der Waals surface area contributed by atoms with Gasteiger partial charge in [-0.15, -0.1) is 24.0 Å². The number of guanidine groups is 1. The molecule has 3 aliphatic rings. The number of hydrogen-bond donors (Lipinski definition) is 1. The Bertz CT molecular complexity index is 535. The second kappa shape index (κ2) is 8.61. The molecule has 3 fully saturated rings. The lowest BCUT2D eigenvalue weighted by Crippen LogP contribution is -2.69. The molecule has 0 amide bonds. The number of nitrogens with one attached hydrogen (secondary N) is 1. The smallest absolute Gasteiger partial charge is 0.377 e. The lowest BCUT2D eigenvalue weighted by Gasteiger charge is -2.55. The van der Waals surface area contributed by atoms with Crippen LogP contribution < -0.4 is 5.32 Å². The summed E-state index contributed by atoms with van der Waals surface area (Å²) in [5.74, 6) is 1.33. The minimum atomic E-state index is -4.17. The van der Waals surface area contributed by atoms with Gasteiger partial charge in [0.15, 0.2) is 5.96 Å². The van der Waals surface area contributed by atoms with Crippen molar-refractivity contribution in [3.63, 3.8) is 0 Å². The third-order valence-electron chi connectivity index (χ3n) is 6.33. The number of nitrogens with zero attached hydrogens (tertiary/aromatic N) is 3. The van der Waals surface area contributed by atoms with E-state index in [-0.39, 0.29) is 29.4 Å². The second-order valence-electron chi connectivity index (χ2n) is 8.23. The highest BCUT2D eigenvalue weighted by molar-refractivity contribution is 14.0. The van der Waals surface area contributed by atoms with Gasteiger partial charge in [-0.25, -0.2) is 0 Å². The molecule has 0 radical (unpaired) electrons. The van der Waals surface area contributed by atoms with Crippen molar-refractivity contribution in [2.75, 3.05) is 39.3 Å². The van der Waals surface area contributed by atoms with Crippen LogP contribution >= 0.6 is 24.0 Å². The molecule has 3 rings (SSSR count). The Balaban J connectivity index is 0.00000261. The highest BCUT2D eigenvalue weighted by Crippen LogP contribution is 2.52. The number of fused-ring (bicyclic) bond motifs is 1. The standard InChI is InChI=1S/C18H31F3N4O.HI/c1-5-22-16(23-14-13-6-11-26-15(13)17(14,3)4)25-9-7-24(8-10-25)12(2)18(19,20)21;/h12-15H,5-11H2,1-4H3,(H,22,23);1H. The number of rotatable bonds is 3. The molecule has 1 aliphatic carbocycles. The Morgan fingerprint density at radius 3 is 2.44 bits per heavy atom. The van der Waals surface area contributed by atoms with E-state index in [9.17, 15) is 13.2 Å². The average molecular weight is 504 g/mol. The molecule has 0 spiro atoms. The van der Waals surface area contributed by atoms with Gasteiger partial charge in [-0.05, 0) is 20.3 Å². The number of hydrogen-bond acceptors (Lipinski definition) is 3. The molecule has 0 aromatic heterocycles. The van der Waals surface area contributed by atoms with E-state index in [4.69, 9.17) is 4.74 Å². The minimum Gasteiger partial charge on any atom is -0.377 e. The fraction of sp³-hybridized carbons (Fsp3) is 0.944. The van der Waals surface area contributed by atoms with Crippen LogP contribution in [0.3, 0.4) is 0 Å². The van der Waals surface area contributed by atoms with Crippen molar-refractivity contribution in [1.82, 2.24) is 15.1 Å². The molecule has 2 saturated heterocycles. The summed E-state index contributed by atoms with van der Waals surface area (Å²) in [6, 6.07) is -1.10. The van der Waals surface area contributed by atoms with Gasteiger partial charge in [0, 0.05) is 56.7 Å². The van der Waals surface area contributed by atoms with Crippen LogP contribution in [-0.4, -0.2) is 79.5 Å². The molecule has 2 aliphatic heterocycles. The van der Waals surface area contributed by atoms with Crippen molar-refractivity contribution in [3.8, 4) is 0 Å². The zero-order valence-corrected chi connectivity index (χ0v) is 18.9. The predicted molar refractivity (Wildman–Crippen MR) is 111 cm³/mol. The predicted octanol–water partition coefficient (Wildman–Crippen LogP) is 2.95. The fourth-order valence-electron chi connectivity index (χ4n) is 4.67. The summed E-state index contributed by atoms with van der Waals surface area (Å²) < 4.78 is 44.7. The van der Waals surface area contributed by atoms with Gasteiger partial charge in [-0.2, -0.15) is 13.2 Å². The fourth-order valence-corrected chi connectivity index (χ4v) is 4.67. The Hall–Kier alpha value is -0.290. The molecule has 0 aromatic carbocycles. The molecule has 0 aromatic rings. The summed E-state index contributed by atoms with van der Waals surface area (Å²) in [6.07, 6.45) is -2.82. The van der Waals surface area contributed by atoms with Crippen LogP contribution in [-0.2, 0) is 4.74 Å². The maximum Gasteiger partial charge on any atom is 0.403 e. The van der Waals surface area contributed by atoms with Crippen molar-refractivity contribution >= 4 is 29.9 Å². The molecular weight excluding hydrogens is 472 g/mol. The van der Waals surface area contributed by atoms with Gasteiger partial charge in [0.1, 0.15) is 6.04 Å². The summed E-state index contributed by atoms with van der Waals surface area (Å²) in [7, 11) is 0. The van der Waals surface area contributed by atoms with Crippen molar-refractivity contribution in [2.45, 2.75) is 58.5 Å². The first kappa shape index (κ1) is 23.0. The van der Waals surface area contributed by atoms with Crippen LogP contribution in [0.15, 0.2) is 4.99 Å². The van der Waals surface area contributed by atoms with E-state index in [1.54, 1.807) is 0 Å². The molecule has 5 nitrogen and oxygen atoms in total. The molecule has 4 atom stereocenters. The molecule has 9 heteroatoms. The van der Waals surface area contributed by atoms with Crippen molar-refractivity contribution in [1.29, 1.82) is 0 Å². The Labute approximate surface area is 177 Å². The lowest BCUT2D eigenvalue weighted by atomic mass is 9.57. The van der Waals surface area contributed by atoms with Crippen LogP contribution in [0, 0.1) is 11.3 Å². The minimum absolute atomic E-state index is 0. The first-order chi connectivity index (χ1) is 12.2. The highest BCUT2D eigenvalue weighted by Gasteiger charge is 2.59. The number of aliphatic imine (C=N–C) groups is 1. The van der Waals surface area contributed by atoms with E-state index < -0.39 is 12.2 Å². The van der Waals surface area contributed by atoms with E-state index >= 15 is 0 Å². The third-order valence-corrected chi connectivity index (χ3v) is 6.33. The highest BCUT2D eigenvalue weighted by atomic mass is 127. The van der Waals surface area contributed by atoms with Crippen LogP contribution in [0.5, 0.6) is 0 Å². The van der Waals surface area contributed by atoms with Crippen LogP contribution in [0.25, 0.3) is 0 Å². The van der Waals surface area contributed by atoms with Gasteiger partial charge in [-0.3, -0.25) is 9.89 Å². The molecule has 158 valence electrons.